The molecule has 1 aromatic rings. The Labute approximate surface area is 100 Å². The molecule has 96 valence electrons. The van der Waals surface area contributed by atoms with Crippen molar-refractivity contribution in [2.75, 3.05) is 19.5 Å². The largest absolute Gasteiger partial charge is 0.495 e. The smallest absolute Gasteiger partial charge is 0.244 e. The van der Waals surface area contributed by atoms with Crippen LogP contribution in [0.3, 0.4) is 0 Å². The van der Waals surface area contributed by atoms with E-state index < -0.39 is 16.1 Å². The lowest BCUT2D eigenvalue weighted by atomic mass is 10.3. The Balaban J connectivity index is 3.18. The van der Waals surface area contributed by atoms with Gasteiger partial charge in [-0.25, -0.2) is 13.1 Å². The summed E-state index contributed by atoms with van der Waals surface area (Å²) in [5.41, 5.74) is 5.87. The van der Waals surface area contributed by atoms with Crippen LogP contribution in [0.5, 0.6) is 5.75 Å². The molecule has 0 radical (unpaired) electrons. The summed E-state index contributed by atoms with van der Waals surface area (Å²) in [5, 5.41) is 8.84. The van der Waals surface area contributed by atoms with E-state index >= 15 is 0 Å². The lowest BCUT2D eigenvalue weighted by Gasteiger charge is -2.14. The number of sulfonamides is 1. The van der Waals surface area contributed by atoms with Crippen LogP contribution in [-0.4, -0.2) is 33.3 Å². The molecule has 0 aliphatic heterocycles. The lowest BCUT2D eigenvalue weighted by molar-refractivity contribution is 0.265. The van der Waals surface area contributed by atoms with Gasteiger partial charge in [-0.1, -0.05) is 0 Å². The third-order valence-electron chi connectivity index (χ3n) is 2.11. The van der Waals surface area contributed by atoms with E-state index in [4.69, 9.17) is 15.6 Å². The van der Waals surface area contributed by atoms with Crippen LogP contribution >= 0.6 is 0 Å². The van der Waals surface area contributed by atoms with Crippen LogP contribution in [0.25, 0.3) is 0 Å². The number of nitrogens with two attached hydrogens (primary N) is 1. The molecule has 1 aromatic carbocycles. The van der Waals surface area contributed by atoms with Crippen molar-refractivity contribution in [3.8, 4) is 5.75 Å². The molecule has 4 N–H and O–H groups in total. The monoisotopic (exact) mass is 260 g/mol. The molecule has 0 aliphatic rings. The Morgan fingerprint density at radius 1 is 1.53 bits per heavy atom. The molecule has 0 saturated carbocycles. The molecule has 0 fully saturated rings. The highest BCUT2D eigenvalue weighted by molar-refractivity contribution is 7.89. The van der Waals surface area contributed by atoms with Gasteiger partial charge in [0, 0.05) is 11.7 Å². The molecule has 0 unspecified atom stereocenters. The van der Waals surface area contributed by atoms with Gasteiger partial charge in [-0.2, -0.15) is 0 Å². The van der Waals surface area contributed by atoms with E-state index in [1.165, 1.54) is 19.2 Å². The number of benzene rings is 1. The first-order valence-electron chi connectivity index (χ1n) is 4.97. The van der Waals surface area contributed by atoms with Crippen molar-refractivity contribution in [2.24, 2.45) is 0 Å². The topological polar surface area (TPSA) is 102 Å². The van der Waals surface area contributed by atoms with E-state index in [0.29, 0.717) is 5.69 Å². The van der Waals surface area contributed by atoms with Crippen molar-refractivity contribution in [2.45, 2.75) is 17.9 Å². The second kappa shape index (κ2) is 5.35. The molecule has 6 nitrogen and oxygen atoms in total. The van der Waals surface area contributed by atoms with Crippen molar-refractivity contribution < 1.29 is 18.3 Å². The first kappa shape index (κ1) is 13.8. The van der Waals surface area contributed by atoms with Crippen LogP contribution in [-0.2, 0) is 10.0 Å². The number of methoxy groups -OCH3 is 1. The molecule has 0 heterocycles. The predicted molar refractivity (Wildman–Crippen MR) is 64.3 cm³/mol. The van der Waals surface area contributed by atoms with Crippen LogP contribution in [0.1, 0.15) is 6.92 Å². The molecular formula is C10H16N2O4S. The fourth-order valence-electron chi connectivity index (χ4n) is 1.27. The minimum absolute atomic E-state index is 0.0414. The number of nitrogens with one attached hydrogen (secondary N) is 1. The van der Waals surface area contributed by atoms with Gasteiger partial charge in [-0.15, -0.1) is 0 Å². The molecule has 0 bridgehead atoms. The molecule has 0 aliphatic carbocycles. The molecule has 0 aromatic heterocycles. The van der Waals surface area contributed by atoms with Gasteiger partial charge in [-0.05, 0) is 25.1 Å². The Morgan fingerprint density at radius 3 is 2.71 bits per heavy atom. The van der Waals surface area contributed by atoms with Gasteiger partial charge in [0.1, 0.15) is 10.6 Å². The third-order valence-corrected chi connectivity index (χ3v) is 3.72. The van der Waals surface area contributed by atoms with E-state index in [1.807, 2.05) is 0 Å². The molecule has 0 spiro atoms. The number of hydrogen-bond acceptors (Lipinski definition) is 5. The summed E-state index contributed by atoms with van der Waals surface area (Å²) in [7, 11) is -2.38. The van der Waals surface area contributed by atoms with Crippen LogP contribution in [0.2, 0.25) is 0 Å². The van der Waals surface area contributed by atoms with Crippen LogP contribution in [0.4, 0.5) is 5.69 Å². The molecular weight excluding hydrogens is 244 g/mol. The summed E-state index contributed by atoms with van der Waals surface area (Å²) < 4.78 is 31.2. The van der Waals surface area contributed by atoms with Crippen molar-refractivity contribution in [1.82, 2.24) is 4.72 Å². The quantitative estimate of drug-likeness (QED) is 0.644. The molecule has 7 heteroatoms. The van der Waals surface area contributed by atoms with Crippen molar-refractivity contribution >= 4 is 15.7 Å². The lowest BCUT2D eigenvalue weighted by Crippen LogP contribution is -2.35. The predicted octanol–water partition coefficient (Wildman–Crippen LogP) is -0.0635. The first-order chi connectivity index (χ1) is 7.90. The molecule has 0 saturated heterocycles. The third kappa shape index (κ3) is 3.32. The number of aliphatic hydroxyl groups excluding tert-OH is 1. The SMILES string of the molecule is COc1ccc(N)cc1S(=O)(=O)N[C@@H](C)CO. The molecule has 1 rings (SSSR count). The standard InChI is InChI=1S/C10H16N2O4S/c1-7(6-13)12-17(14,15)10-5-8(11)3-4-9(10)16-2/h3-5,7,12-13H,6,11H2,1-2H3/t7-/m0/s1. The van der Waals surface area contributed by atoms with Gasteiger partial charge >= 0.3 is 0 Å². The number of hydrogen-bond donors (Lipinski definition) is 3. The van der Waals surface area contributed by atoms with E-state index in [2.05, 4.69) is 4.72 Å². The van der Waals surface area contributed by atoms with Crippen molar-refractivity contribution in [1.29, 1.82) is 0 Å². The molecule has 1 atom stereocenters. The average Bonchev–Trinajstić information content (AvgIpc) is 2.28. The van der Waals surface area contributed by atoms with Gasteiger partial charge < -0.3 is 15.6 Å². The summed E-state index contributed by atoms with van der Waals surface area (Å²) in [5.74, 6) is 0.205. The van der Waals surface area contributed by atoms with Gasteiger partial charge in [0.15, 0.2) is 0 Å². The summed E-state index contributed by atoms with van der Waals surface area (Å²) in [6.07, 6.45) is 0. The maximum atomic E-state index is 12.0. The van der Waals surface area contributed by atoms with E-state index in [1.54, 1.807) is 13.0 Å². The van der Waals surface area contributed by atoms with E-state index in [9.17, 15) is 8.42 Å². The van der Waals surface area contributed by atoms with Gasteiger partial charge in [-0.3, -0.25) is 0 Å². The number of anilines is 1. The fraction of sp³-hybridized carbons (Fsp3) is 0.400. The Morgan fingerprint density at radius 2 is 2.18 bits per heavy atom. The van der Waals surface area contributed by atoms with Gasteiger partial charge in [0.25, 0.3) is 0 Å². The van der Waals surface area contributed by atoms with E-state index in [-0.39, 0.29) is 17.3 Å². The molecule has 0 amide bonds. The first-order valence-corrected chi connectivity index (χ1v) is 6.45. The highest BCUT2D eigenvalue weighted by Gasteiger charge is 2.21. The van der Waals surface area contributed by atoms with Gasteiger partial charge in [0.2, 0.25) is 10.0 Å². The minimum Gasteiger partial charge on any atom is -0.495 e. The average molecular weight is 260 g/mol. The Kier molecular flexibility index (Phi) is 4.33. The number of nitrogen functional groups attached to an aromatic ring is 1. The number of ether oxygens (including phenoxy) is 1. The van der Waals surface area contributed by atoms with E-state index in [0.717, 1.165) is 0 Å². The summed E-state index contributed by atoms with van der Waals surface area (Å²) >= 11 is 0. The van der Waals surface area contributed by atoms with Gasteiger partial charge in [0.05, 0.1) is 13.7 Å². The second-order valence-electron chi connectivity index (χ2n) is 3.62. The van der Waals surface area contributed by atoms with Crippen molar-refractivity contribution in [3.05, 3.63) is 18.2 Å². The molecule has 17 heavy (non-hydrogen) atoms. The van der Waals surface area contributed by atoms with Crippen LogP contribution in [0.15, 0.2) is 23.1 Å². The van der Waals surface area contributed by atoms with Crippen molar-refractivity contribution in [3.63, 3.8) is 0 Å². The maximum absolute atomic E-state index is 12.0. The summed E-state index contributed by atoms with van der Waals surface area (Å²) in [6, 6.07) is 3.76. The normalized spacial score (nSPS) is 13.4. The minimum atomic E-state index is -3.75. The number of aliphatic hydroxyl groups is 1. The Bertz CT molecular complexity index is 487. The highest BCUT2D eigenvalue weighted by Crippen LogP contribution is 2.25. The Hall–Kier alpha value is -1.31. The number of rotatable bonds is 5. The van der Waals surface area contributed by atoms with Crippen LogP contribution in [0, 0.1) is 0 Å². The van der Waals surface area contributed by atoms with Crippen LogP contribution < -0.4 is 15.2 Å². The summed E-state index contributed by atoms with van der Waals surface area (Å²) in [6.45, 7) is 1.26. The summed E-state index contributed by atoms with van der Waals surface area (Å²) in [4.78, 5) is -0.0414. The zero-order valence-electron chi connectivity index (χ0n) is 9.67. The zero-order chi connectivity index (χ0) is 13.1. The second-order valence-corrected chi connectivity index (χ2v) is 5.30. The fourth-order valence-corrected chi connectivity index (χ4v) is 2.71. The highest BCUT2D eigenvalue weighted by atomic mass is 32.2. The zero-order valence-corrected chi connectivity index (χ0v) is 10.5. The maximum Gasteiger partial charge on any atom is 0.244 e.